The number of hydrogen-bond donors (Lipinski definition) is 1. The Balaban J connectivity index is 2.11. The Morgan fingerprint density at radius 1 is 1.38 bits per heavy atom. The summed E-state index contributed by atoms with van der Waals surface area (Å²) in [5.74, 6) is 1.28. The van der Waals surface area contributed by atoms with Crippen LogP contribution in [-0.2, 0) is 4.79 Å². The summed E-state index contributed by atoms with van der Waals surface area (Å²) in [5, 5.41) is 3.08. The molecule has 1 aliphatic carbocycles. The van der Waals surface area contributed by atoms with E-state index in [0.717, 1.165) is 12.1 Å². The van der Waals surface area contributed by atoms with Gasteiger partial charge in [-0.15, -0.1) is 0 Å². The van der Waals surface area contributed by atoms with E-state index in [1.165, 1.54) is 11.1 Å². The van der Waals surface area contributed by atoms with Crippen molar-refractivity contribution in [2.45, 2.75) is 33.1 Å². The highest BCUT2D eigenvalue weighted by Gasteiger charge is 2.54. The van der Waals surface area contributed by atoms with E-state index in [9.17, 15) is 4.79 Å². The van der Waals surface area contributed by atoms with Gasteiger partial charge in [-0.2, -0.15) is 0 Å². The van der Waals surface area contributed by atoms with E-state index < -0.39 is 0 Å². The molecule has 0 bridgehead atoms. The summed E-state index contributed by atoms with van der Waals surface area (Å²) in [6.07, 6.45) is 1.16. The van der Waals surface area contributed by atoms with Crippen molar-refractivity contribution in [3.8, 4) is 0 Å². The van der Waals surface area contributed by atoms with Gasteiger partial charge in [-0.1, -0.05) is 26.0 Å². The first-order chi connectivity index (χ1) is 7.50. The predicted molar refractivity (Wildman–Crippen MR) is 64.4 cm³/mol. The van der Waals surface area contributed by atoms with Gasteiger partial charge in [-0.05, 0) is 42.4 Å². The van der Waals surface area contributed by atoms with E-state index in [4.69, 9.17) is 0 Å². The molecule has 1 amide bonds. The maximum Gasteiger partial charge on any atom is 0.230 e. The maximum atomic E-state index is 12.1. The van der Waals surface area contributed by atoms with Crippen LogP contribution in [0.4, 0.5) is 5.69 Å². The minimum Gasteiger partial charge on any atom is -0.325 e. The first kappa shape index (κ1) is 9.88. The maximum absolute atomic E-state index is 12.1. The SMILES string of the molecule is Cc1ccc2c(c1)NC(=O)C(C)(C)[C@@H]1C[C@H]21. The van der Waals surface area contributed by atoms with Gasteiger partial charge in [0.2, 0.25) is 5.91 Å². The second-order valence-electron chi connectivity index (χ2n) is 5.72. The van der Waals surface area contributed by atoms with Gasteiger partial charge in [0.15, 0.2) is 0 Å². The van der Waals surface area contributed by atoms with Crippen LogP contribution in [0.15, 0.2) is 18.2 Å². The Labute approximate surface area is 96.1 Å². The zero-order valence-corrected chi connectivity index (χ0v) is 10.0. The van der Waals surface area contributed by atoms with Crippen LogP contribution in [0.3, 0.4) is 0 Å². The summed E-state index contributed by atoms with van der Waals surface area (Å²) < 4.78 is 0. The zero-order valence-electron chi connectivity index (χ0n) is 10.0. The van der Waals surface area contributed by atoms with E-state index in [1.807, 2.05) is 0 Å². The molecule has 1 aliphatic heterocycles. The number of aryl methyl sites for hydroxylation is 1. The van der Waals surface area contributed by atoms with Crippen LogP contribution in [0.25, 0.3) is 0 Å². The lowest BCUT2D eigenvalue weighted by Gasteiger charge is -2.21. The highest BCUT2D eigenvalue weighted by Crippen LogP contribution is 2.60. The predicted octanol–water partition coefficient (Wildman–Crippen LogP) is 3.08. The molecule has 16 heavy (non-hydrogen) atoms. The molecule has 2 atom stereocenters. The summed E-state index contributed by atoms with van der Waals surface area (Å²) in [4.78, 5) is 12.1. The number of hydrogen-bond acceptors (Lipinski definition) is 1. The molecule has 1 N–H and O–H groups in total. The number of benzene rings is 1. The lowest BCUT2D eigenvalue weighted by Crippen LogP contribution is -2.31. The van der Waals surface area contributed by atoms with Gasteiger partial charge >= 0.3 is 0 Å². The Bertz CT molecular complexity index is 476. The molecule has 2 aliphatic rings. The lowest BCUT2D eigenvalue weighted by atomic mass is 9.85. The molecule has 0 spiro atoms. The summed E-state index contributed by atoms with van der Waals surface area (Å²) in [7, 11) is 0. The van der Waals surface area contributed by atoms with Crippen LogP contribution in [0, 0.1) is 18.3 Å². The van der Waals surface area contributed by atoms with E-state index in [-0.39, 0.29) is 11.3 Å². The quantitative estimate of drug-likeness (QED) is 0.708. The highest BCUT2D eigenvalue weighted by atomic mass is 16.2. The highest BCUT2D eigenvalue weighted by molar-refractivity contribution is 5.97. The number of carbonyl (C=O) groups excluding carboxylic acids is 1. The molecule has 1 saturated carbocycles. The standard InChI is InChI=1S/C14H17NO/c1-8-4-5-9-10-7-11(10)14(2,3)13(16)15-12(9)6-8/h4-6,10-11H,7H2,1-3H3,(H,15,16)/t10-,11-/m1/s1. The largest absolute Gasteiger partial charge is 0.325 e. The van der Waals surface area contributed by atoms with E-state index in [2.05, 4.69) is 44.3 Å². The monoisotopic (exact) mass is 215 g/mol. The number of nitrogens with one attached hydrogen (secondary N) is 1. The van der Waals surface area contributed by atoms with E-state index >= 15 is 0 Å². The minimum absolute atomic E-state index is 0.171. The smallest absolute Gasteiger partial charge is 0.230 e. The van der Waals surface area contributed by atoms with E-state index in [0.29, 0.717) is 11.8 Å². The fourth-order valence-electron chi connectivity index (χ4n) is 2.89. The van der Waals surface area contributed by atoms with Crippen LogP contribution < -0.4 is 5.32 Å². The molecule has 0 aromatic heterocycles. The lowest BCUT2D eigenvalue weighted by molar-refractivity contribution is -0.124. The first-order valence-corrected chi connectivity index (χ1v) is 5.92. The third kappa shape index (κ3) is 1.22. The van der Waals surface area contributed by atoms with Crippen molar-refractivity contribution in [1.29, 1.82) is 0 Å². The molecule has 1 fully saturated rings. The van der Waals surface area contributed by atoms with Crippen LogP contribution in [-0.4, -0.2) is 5.91 Å². The van der Waals surface area contributed by atoms with Crippen LogP contribution >= 0.6 is 0 Å². The molecular formula is C14H17NO. The van der Waals surface area contributed by atoms with Crippen molar-refractivity contribution in [3.05, 3.63) is 29.3 Å². The molecule has 0 radical (unpaired) electrons. The van der Waals surface area contributed by atoms with Crippen molar-refractivity contribution in [2.75, 3.05) is 5.32 Å². The average Bonchev–Trinajstić information content (AvgIpc) is 2.97. The number of anilines is 1. The number of carbonyl (C=O) groups is 1. The molecule has 3 rings (SSSR count). The Hall–Kier alpha value is -1.31. The number of fused-ring (bicyclic) bond motifs is 3. The molecule has 0 unspecified atom stereocenters. The molecule has 2 nitrogen and oxygen atoms in total. The van der Waals surface area contributed by atoms with Crippen molar-refractivity contribution < 1.29 is 4.79 Å². The van der Waals surface area contributed by atoms with Gasteiger partial charge in [0.05, 0.1) is 0 Å². The summed E-state index contributed by atoms with van der Waals surface area (Å²) >= 11 is 0. The van der Waals surface area contributed by atoms with Gasteiger partial charge < -0.3 is 5.32 Å². The van der Waals surface area contributed by atoms with Crippen LogP contribution in [0.1, 0.15) is 37.3 Å². The number of amides is 1. The molecular weight excluding hydrogens is 198 g/mol. The third-order valence-corrected chi connectivity index (χ3v) is 4.16. The third-order valence-electron chi connectivity index (χ3n) is 4.16. The normalized spacial score (nSPS) is 29.8. The van der Waals surface area contributed by atoms with Crippen molar-refractivity contribution in [1.82, 2.24) is 0 Å². The molecule has 84 valence electrons. The van der Waals surface area contributed by atoms with Crippen molar-refractivity contribution in [2.24, 2.45) is 11.3 Å². The second-order valence-corrected chi connectivity index (χ2v) is 5.72. The Kier molecular flexibility index (Phi) is 1.78. The van der Waals surface area contributed by atoms with E-state index in [1.54, 1.807) is 0 Å². The fraction of sp³-hybridized carbons (Fsp3) is 0.500. The molecule has 1 heterocycles. The van der Waals surface area contributed by atoms with Crippen molar-refractivity contribution >= 4 is 11.6 Å². The van der Waals surface area contributed by atoms with Gasteiger partial charge in [-0.3, -0.25) is 4.79 Å². The molecule has 1 aromatic carbocycles. The average molecular weight is 215 g/mol. The van der Waals surface area contributed by atoms with Gasteiger partial charge in [-0.25, -0.2) is 0 Å². The van der Waals surface area contributed by atoms with Crippen LogP contribution in [0.2, 0.25) is 0 Å². The summed E-state index contributed by atoms with van der Waals surface area (Å²) in [6.45, 7) is 6.18. The molecule has 1 aromatic rings. The second kappa shape index (κ2) is 2.88. The van der Waals surface area contributed by atoms with Crippen molar-refractivity contribution in [3.63, 3.8) is 0 Å². The number of rotatable bonds is 0. The fourth-order valence-corrected chi connectivity index (χ4v) is 2.89. The van der Waals surface area contributed by atoms with Gasteiger partial charge in [0.1, 0.15) is 0 Å². The summed E-state index contributed by atoms with van der Waals surface area (Å²) in [6, 6.07) is 6.40. The van der Waals surface area contributed by atoms with Gasteiger partial charge in [0, 0.05) is 11.1 Å². The topological polar surface area (TPSA) is 29.1 Å². The zero-order chi connectivity index (χ0) is 11.5. The molecule has 2 heteroatoms. The Morgan fingerprint density at radius 2 is 2.12 bits per heavy atom. The first-order valence-electron chi connectivity index (χ1n) is 5.92. The minimum atomic E-state index is -0.225. The van der Waals surface area contributed by atoms with Gasteiger partial charge in [0.25, 0.3) is 0 Å². The van der Waals surface area contributed by atoms with Crippen LogP contribution in [0.5, 0.6) is 0 Å². The molecule has 0 saturated heterocycles. The summed E-state index contributed by atoms with van der Waals surface area (Å²) in [5.41, 5.74) is 3.34. The Morgan fingerprint density at radius 3 is 2.88 bits per heavy atom.